The zero-order valence-corrected chi connectivity index (χ0v) is 6.97. The average molecular weight is 180 g/mol. The van der Waals surface area contributed by atoms with Gasteiger partial charge in [-0.2, -0.15) is 0 Å². The van der Waals surface area contributed by atoms with E-state index in [1.165, 1.54) is 0 Å². The fourth-order valence-corrected chi connectivity index (χ4v) is 0.950. The topological polar surface area (TPSA) is 69.1 Å². The van der Waals surface area contributed by atoms with Gasteiger partial charge in [-0.1, -0.05) is 6.92 Å². The van der Waals surface area contributed by atoms with E-state index >= 15 is 0 Å². The minimum absolute atomic E-state index is 0.222. The molecule has 0 saturated carbocycles. The highest BCUT2D eigenvalue weighted by Crippen LogP contribution is 2.14. The Morgan fingerprint density at radius 2 is 1.92 bits per heavy atom. The van der Waals surface area contributed by atoms with Gasteiger partial charge >= 0.3 is 0 Å². The molecular weight excluding hydrogens is 166 g/mol. The molecule has 3 nitrogen and oxygen atoms in total. The summed E-state index contributed by atoms with van der Waals surface area (Å²) in [7, 11) is 0. The van der Waals surface area contributed by atoms with E-state index in [1.807, 2.05) is 0 Å². The van der Waals surface area contributed by atoms with Crippen molar-refractivity contribution in [2.45, 2.75) is 32.2 Å². The van der Waals surface area contributed by atoms with Crippen LogP contribution in [-0.4, -0.2) is 18.4 Å². The molecule has 0 heterocycles. The number of primary amides is 1. The summed E-state index contributed by atoms with van der Waals surface area (Å²) in [5.74, 6) is -0.913. The van der Waals surface area contributed by atoms with Crippen molar-refractivity contribution in [3.8, 4) is 0 Å². The molecule has 0 radical (unpaired) electrons. The van der Waals surface area contributed by atoms with E-state index in [4.69, 9.17) is 11.5 Å². The Morgan fingerprint density at radius 1 is 1.42 bits per heavy atom. The SMILES string of the molecule is CC(CC(F)F)CC(N)C(N)=O. The van der Waals surface area contributed by atoms with E-state index in [9.17, 15) is 13.6 Å². The maximum absolute atomic E-state index is 11.8. The van der Waals surface area contributed by atoms with Crippen LogP contribution in [0.5, 0.6) is 0 Å². The van der Waals surface area contributed by atoms with Crippen molar-refractivity contribution in [1.29, 1.82) is 0 Å². The zero-order chi connectivity index (χ0) is 9.72. The molecule has 0 aromatic carbocycles. The second-order valence-electron chi connectivity index (χ2n) is 2.98. The summed E-state index contributed by atoms with van der Waals surface area (Å²) in [5, 5.41) is 0. The van der Waals surface area contributed by atoms with Crippen LogP contribution in [0, 0.1) is 5.92 Å². The molecule has 1 amide bonds. The van der Waals surface area contributed by atoms with Gasteiger partial charge in [-0.15, -0.1) is 0 Å². The molecular formula is C7H14F2N2O. The molecule has 0 fully saturated rings. The molecule has 0 saturated heterocycles. The van der Waals surface area contributed by atoms with Gasteiger partial charge in [0.1, 0.15) is 0 Å². The number of alkyl halides is 2. The fraction of sp³-hybridized carbons (Fsp3) is 0.857. The lowest BCUT2D eigenvalue weighted by Gasteiger charge is -2.13. The Balaban J connectivity index is 3.68. The Bertz CT molecular complexity index is 152. The lowest BCUT2D eigenvalue weighted by atomic mass is 9.99. The van der Waals surface area contributed by atoms with Crippen LogP contribution in [0.25, 0.3) is 0 Å². The van der Waals surface area contributed by atoms with Crippen molar-refractivity contribution in [1.82, 2.24) is 0 Å². The van der Waals surface area contributed by atoms with Gasteiger partial charge in [0.2, 0.25) is 12.3 Å². The largest absolute Gasteiger partial charge is 0.368 e. The van der Waals surface area contributed by atoms with E-state index in [1.54, 1.807) is 6.92 Å². The van der Waals surface area contributed by atoms with Crippen molar-refractivity contribution in [3.63, 3.8) is 0 Å². The first-order valence-electron chi connectivity index (χ1n) is 3.76. The van der Waals surface area contributed by atoms with Gasteiger partial charge in [-0.25, -0.2) is 8.78 Å². The molecule has 4 N–H and O–H groups in total. The maximum Gasteiger partial charge on any atom is 0.238 e. The maximum atomic E-state index is 11.8. The van der Waals surface area contributed by atoms with Crippen LogP contribution in [0.15, 0.2) is 0 Å². The molecule has 0 aromatic rings. The molecule has 0 rings (SSSR count). The minimum Gasteiger partial charge on any atom is -0.368 e. The molecule has 0 bridgehead atoms. The molecule has 0 aliphatic heterocycles. The van der Waals surface area contributed by atoms with Crippen LogP contribution in [-0.2, 0) is 4.79 Å². The summed E-state index contributed by atoms with van der Waals surface area (Å²) in [4.78, 5) is 10.4. The number of carbonyl (C=O) groups excluding carboxylic acids is 1. The first-order valence-corrected chi connectivity index (χ1v) is 3.76. The first kappa shape index (κ1) is 11.3. The highest BCUT2D eigenvalue weighted by molar-refractivity contribution is 5.79. The van der Waals surface area contributed by atoms with Gasteiger partial charge in [-0.3, -0.25) is 4.79 Å². The van der Waals surface area contributed by atoms with E-state index < -0.39 is 18.4 Å². The molecule has 0 aliphatic rings. The molecule has 2 unspecified atom stereocenters. The molecule has 12 heavy (non-hydrogen) atoms. The molecule has 0 aliphatic carbocycles. The van der Waals surface area contributed by atoms with Crippen LogP contribution < -0.4 is 11.5 Å². The fourth-order valence-electron chi connectivity index (χ4n) is 0.950. The zero-order valence-electron chi connectivity index (χ0n) is 6.97. The lowest BCUT2D eigenvalue weighted by Crippen LogP contribution is -2.37. The molecule has 5 heteroatoms. The second-order valence-corrected chi connectivity index (χ2v) is 2.98. The van der Waals surface area contributed by atoms with E-state index in [0.29, 0.717) is 0 Å². The van der Waals surface area contributed by atoms with E-state index in [-0.39, 0.29) is 18.8 Å². The third-order valence-electron chi connectivity index (χ3n) is 1.60. The van der Waals surface area contributed by atoms with Crippen molar-refractivity contribution in [3.05, 3.63) is 0 Å². The number of hydrogen-bond donors (Lipinski definition) is 2. The summed E-state index contributed by atoms with van der Waals surface area (Å²) in [6.07, 6.45) is -2.36. The third-order valence-corrected chi connectivity index (χ3v) is 1.60. The number of rotatable bonds is 5. The van der Waals surface area contributed by atoms with Crippen LogP contribution in [0.1, 0.15) is 19.8 Å². The van der Waals surface area contributed by atoms with Crippen molar-refractivity contribution in [2.75, 3.05) is 0 Å². The second kappa shape index (κ2) is 5.03. The predicted octanol–water partition coefficient (Wildman–Crippen LogP) is 0.480. The summed E-state index contributed by atoms with van der Waals surface area (Å²) in [6, 6.07) is -0.807. The quantitative estimate of drug-likeness (QED) is 0.646. The minimum atomic E-state index is -2.35. The third kappa shape index (κ3) is 5.01. The highest BCUT2D eigenvalue weighted by Gasteiger charge is 2.16. The number of amides is 1. The van der Waals surface area contributed by atoms with E-state index in [2.05, 4.69) is 0 Å². The molecule has 0 spiro atoms. The van der Waals surface area contributed by atoms with Crippen molar-refractivity contribution >= 4 is 5.91 Å². The summed E-state index contributed by atoms with van der Waals surface area (Å²) >= 11 is 0. The highest BCUT2D eigenvalue weighted by atomic mass is 19.3. The first-order chi connectivity index (χ1) is 5.43. The molecule has 2 atom stereocenters. The number of halogens is 2. The van der Waals surface area contributed by atoms with Crippen molar-refractivity contribution in [2.24, 2.45) is 17.4 Å². The van der Waals surface area contributed by atoms with E-state index in [0.717, 1.165) is 0 Å². The monoisotopic (exact) mass is 180 g/mol. The van der Waals surface area contributed by atoms with Crippen LogP contribution in [0.4, 0.5) is 8.78 Å². The van der Waals surface area contributed by atoms with Gasteiger partial charge in [-0.05, 0) is 12.3 Å². The van der Waals surface area contributed by atoms with Gasteiger partial charge in [0.05, 0.1) is 6.04 Å². The number of carbonyl (C=O) groups is 1. The Morgan fingerprint density at radius 3 is 2.25 bits per heavy atom. The van der Waals surface area contributed by atoms with Crippen LogP contribution in [0.2, 0.25) is 0 Å². The Labute approximate surface area is 70.1 Å². The van der Waals surface area contributed by atoms with Gasteiger partial charge in [0.25, 0.3) is 0 Å². The lowest BCUT2D eigenvalue weighted by molar-refractivity contribution is -0.119. The average Bonchev–Trinajstić information content (AvgIpc) is 1.84. The Hall–Kier alpha value is -0.710. The summed E-state index contributed by atoms with van der Waals surface area (Å²) in [5.41, 5.74) is 10.1. The van der Waals surface area contributed by atoms with Crippen molar-refractivity contribution < 1.29 is 13.6 Å². The summed E-state index contributed by atoms with van der Waals surface area (Å²) in [6.45, 7) is 1.62. The smallest absolute Gasteiger partial charge is 0.238 e. The molecule has 72 valence electrons. The number of hydrogen-bond acceptors (Lipinski definition) is 2. The Kier molecular flexibility index (Phi) is 4.73. The standard InChI is InChI=1S/C7H14F2N2O/c1-4(3-6(8)9)2-5(10)7(11)12/h4-6H,2-3,10H2,1H3,(H2,11,12). The van der Waals surface area contributed by atoms with Gasteiger partial charge < -0.3 is 11.5 Å². The normalized spacial score (nSPS) is 16.1. The predicted molar refractivity (Wildman–Crippen MR) is 41.6 cm³/mol. The summed E-state index contributed by atoms with van der Waals surface area (Å²) < 4.78 is 23.6. The number of nitrogens with two attached hydrogens (primary N) is 2. The van der Waals surface area contributed by atoms with Gasteiger partial charge in [0.15, 0.2) is 0 Å². The van der Waals surface area contributed by atoms with Crippen LogP contribution >= 0.6 is 0 Å². The van der Waals surface area contributed by atoms with Gasteiger partial charge in [0, 0.05) is 6.42 Å². The van der Waals surface area contributed by atoms with Crippen LogP contribution in [0.3, 0.4) is 0 Å². The molecule has 0 aromatic heterocycles.